The Balaban J connectivity index is 1.53. The minimum absolute atomic E-state index is 0.0819. The molecule has 0 spiro atoms. The maximum Gasteiger partial charge on any atom is 0.123 e. The van der Waals surface area contributed by atoms with Crippen LogP contribution >= 0.6 is 11.3 Å². The molecule has 2 N–H and O–H groups in total. The fourth-order valence-corrected chi connectivity index (χ4v) is 5.14. The van der Waals surface area contributed by atoms with Crippen LogP contribution in [0.4, 0.5) is 0 Å². The molecule has 1 aromatic heterocycles. The van der Waals surface area contributed by atoms with Crippen LogP contribution in [0.1, 0.15) is 60.7 Å². The number of aliphatic hydroxyl groups excluding tert-OH is 1. The summed E-state index contributed by atoms with van der Waals surface area (Å²) in [5.74, 6) is 0. The van der Waals surface area contributed by atoms with Crippen LogP contribution in [0.25, 0.3) is 10.6 Å². The van der Waals surface area contributed by atoms with Crippen molar-refractivity contribution in [3.63, 3.8) is 0 Å². The first-order valence-corrected chi connectivity index (χ1v) is 10.0. The van der Waals surface area contributed by atoms with Gasteiger partial charge >= 0.3 is 0 Å². The highest BCUT2D eigenvalue weighted by Gasteiger charge is 2.28. The first kappa shape index (κ1) is 16.2. The van der Waals surface area contributed by atoms with Crippen molar-refractivity contribution in [3.05, 3.63) is 40.4 Å². The predicted molar refractivity (Wildman–Crippen MR) is 99.4 cm³/mol. The molecule has 4 heteroatoms. The molecule has 2 aliphatic rings. The lowest BCUT2D eigenvalue weighted by Gasteiger charge is -2.31. The van der Waals surface area contributed by atoms with Crippen molar-refractivity contribution < 1.29 is 5.11 Å². The van der Waals surface area contributed by atoms with Gasteiger partial charge in [-0.3, -0.25) is 0 Å². The van der Waals surface area contributed by atoms with Crippen molar-refractivity contribution in [2.75, 3.05) is 0 Å². The van der Waals surface area contributed by atoms with Crippen LogP contribution in [0.2, 0.25) is 0 Å². The summed E-state index contributed by atoms with van der Waals surface area (Å²) in [7, 11) is 0. The fraction of sp³-hybridized carbons (Fsp3) is 0.550. The number of aromatic nitrogens is 1. The van der Waals surface area contributed by atoms with E-state index in [0.717, 1.165) is 37.1 Å². The second-order valence-corrected chi connectivity index (χ2v) is 8.34. The van der Waals surface area contributed by atoms with Gasteiger partial charge in [-0.25, -0.2) is 4.98 Å². The molecule has 0 radical (unpaired) electrons. The van der Waals surface area contributed by atoms with Crippen LogP contribution in [0.15, 0.2) is 24.3 Å². The van der Waals surface area contributed by atoms with Crippen LogP contribution in [-0.4, -0.2) is 22.2 Å². The van der Waals surface area contributed by atoms with E-state index in [1.165, 1.54) is 34.5 Å². The molecule has 128 valence electrons. The molecule has 1 atom stereocenters. The van der Waals surface area contributed by atoms with Gasteiger partial charge in [0.2, 0.25) is 0 Å². The summed E-state index contributed by atoms with van der Waals surface area (Å²) >= 11 is 1.87. The summed E-state index contributed by atoms with van der Waals surface area (Å²) in [6, 6.07) is 9.70. The first-order valence-electron chi connectivity index (χ1n) is 9.20. The quantitative estimate of drug-likeness (QED) is 0.869. The van der Waals surface area contributed by atoms with Gasteiger partial charge in [0.25, 0.3) is 0 Å². The predicted octanol–water partition coefficient (Wildman–Crippen LogP) is 4.39. The van der Waals surface area contributed by atoms with Gasteiger partial charge < -0.3 is 10.4 Å². The van der Waals surface area contributed by atoms with E-state index in [0.29, 0.717) is 12.1 Å². The Morgan fingerprint density at radius 1 is 1.08 bits per heavy atom. The van der Waals surface area contributed by atoms with E-state index < -0.39 is 0 Å². The topological polar surface area (TPSA) is 45.2 Å². The Morgan fingerprint density at radius 3 is 2.58 bits per heavy atom. The monoisotopic (exact) mass is 342 g/mol. The number of fused-ring (bicyclic) bond motifs is 1. The van der Waals surface area contributed by atoms with Crippen molar-refractivity contribution in [2.45, 2.75) is 70.1 Å². The number of aryl methyl sites for hydroxylation is 2. The molecule has 24 heavy (non-hydrogen) atoms. The van der Waals surface area contributed by atoms with E-state index in [2.05, 4.69) is 36.5 Å². The summed E-state index contributed by atoms with van der Waals surface area (Å²) in [6.07, 6.45) is 7.52. The van der Waals surface area contributed by atoms with Crippen LogP contribution < -0.4 is 5.32 Å². The van der Waals surface area contributed by atoms with Crippen molar-refractivity contribution in [2.24, 2.45) is 0 Å². The molecular formula is C20H26N2OS. The maximum absolute atomic E-state index is 9.70. The first-order chi connectivity index (χ1) is 11.7. The van der Waals surface area contributed by atoms with Crippen LogP contribution in [-0.2, 0) is 6.42 Å². The Bertz CT molecular complexity index is 686. The average molecular weight is 343 g/mol. The number of nitrogens with one attached hydrogen (secondary N) is 1. The van der Waals surface area contributed by atoms with Crippen molar-refractivity contribution in [1.29, 1.82) is 0 Å². The number of hydrogen-bond donors (Lipinski definition) is 2. The zero-order chi connectivity index (χ0) is 16.5. The molecular weight excluding hydrogens is 316 g/mol. The number of aliphatic hydroxyl groups is 1. The van der Waals surface area contributed by atoms with Crippen molar-refractivity contribution >= 4 is 11.3 Å². The molecule has 0 amide bonds. The SMILES string of the molecule is Cc1ccc(-c2nc3c(s2)C(NC2CCC(O)CC2)CCC3)cc1. The molecule has 4 rings (SSSR count). The summed E-state index contributed by atoms with van der Waals surface area (Å²) < 4.78 is 0. The molecule has 1 fully saturated rings. The number of rotatable bonds is 3. The van der Waals surface area contributed by atoms with Crippen molar-refractivity contribution in [3.8, 4) is 10.6 Å². The van der Waals surface area contributed by atoms with Gasteiger partial charge in [0.05, 0.1) is 11.8 Å². The number of thiazole rings is 1. The molecule has 0 aliphatic heterocycles. The molecule has 1 aromatic carbocycles. The lowest BCUT2D eigenvalue weighted by Crippen LogP contribution is -2.37. The summed E-state index contributed by atoms with van der Waals surface area (Å²) in [6.45, 7) is 2.12. The largest absolute Gasteiger partial charge is 0.393 e. The lowest BCUT2D eigenvalue weighted by atomic mass is 9.90. The lowest BCUT2D eigenvalue weighted by molar-refractivity contribution is 0.113. The number of hydrogen-bond acceptors (Lipinski definition) is 4. The van der Waals surface area contributed by atoms with Crippen LogP contribution in [0.3, 0.4) is 0 Å². The van der Waals surface area contributed by atoms with Crippen LogP contribution in [0, 0.1) is 6.92 Å². The summed E-state index contributed by atoms with van der Waals surface area (Å²) in [4.78, 5) is 6.39. The number of nitrogens with zero attached hydrogens (tertiary/aromatic N) is 1. The smallest absolute Gasteiger partial charge is 0.123 e. The highest BCUT2D eigenvalue weighted by atomic mass is 32.1. The highest BCUT2D eigenvalue weighted by Crippen LogP contribution is 2.38. The zero-order valence-electron chi connectivity index (χ0n) is 14.3. The van der Waals surface area contributed by atoms with Gasteiger partial charge in [-0.1, -0.05) is 29.8 Å². The Morgan fingerprint density at radius 2 is 1.83 bits per heavy atom. The number of benzene rings is 1. The second kappa shape index (κ2) is 6.95. The minimum Gasteiger partial charge on any atom is -0.393 e. The zero-order valence-corrected chi connectivity index (χ0v) is 15.1. The average Bonchev–Trinajstić information content (AvgIpc) is 3.03. The van der Waals surface area contributed by atoms with Crippen molar-refractivity contribution in [1.82, 2.24) is 10.3 Å². The van der Waals surface area contributed by atoms with Gasteiger partial charge in [0.1, 0.15) is 5.01 Å². The van der Waals surface area contributed by atoms with E-state index in [-0.39, 0.29) is 6.10 Å². The van der Waals surface area contributed by atoms with E-state index in [1.54, 1.807) is 0 Å². The third kappa shape index (κ3) is 3.41. The Kier molecular flexibility index (Phi) is 4.70. The Labute approximate surface area is 148 Å². The molecule has 1 unspecified atom stereocenters. The summed E-state index contributed by atoms with van der Waals surface area (Å²) in [5, 5.41) is 14.7. The van der Waals surface area contributed by atoms with E-state index >= 15 is 0 Å². The fourth-order valence-electron chi connectivity index (χ4n) is 3.93. The minimum atomic E-state index is -0.0819. The molecule has 0 bridgehead atoms. The van der Waals surface area contributed by atoms with Gasteiger partial charge in [-0.2, -0.15) is 0 Å². The third-order valence-corrected chi connectivity index (χ3v) is 6.64. The molecule has 2 aliphatic carbocycles. The normalized spacial score (nSPS) is 27.0. The van der Waals surface area contributed by atoms with E-state index in [1.807, 2.05) is 11.3 Å². The van der Waals surface area contributed by atoms with Crippen LogP contribution in [0.5, 0.6) is 0 Å². The maximum atomic E-state index is 9.70. The standard InChI is InChI=1S/C20H26N2OS/c1-13-5-7-14(8-6-13)20-22-18-4-2-3-17(19(18)24-20)21-15-9-11-16(23)12-10-15/h5-8,15-17,21,23H,2-4,9-12H2,1H3. The van der Waals surface area contributed by atoms with Gasteiger partial charge in [-0.15, -0.1) is 11.3 Å². The van der Waals surface area contributed by atoms with E-state index in [4.69, 9.17) is 4.98 Å². The third-order valence-electron chi connectivity index (χ3n) is 5.38. The molecule has 1 saturated carbocycles. The highest BCUT2D eigenvalue weighted by molar-refractivity contribution is 7.15. The van der Waals surface area contributed by atoms with Gasteiger partial charge in [0.15, 0.2) is 0 Å². The van der Waals surface area contributed by atoms with Gasteiger partial charge in [0, 0.05) is 22.5 Å². The molecule has 2 aromatic rings. The second-order valence-electron chi connectivity index (χ2n) is 7.31. The molecule has 3 nitrogen and oxygen atoms in total. The van der Waals surface area contributed by atoms with E-state index in [9.17, 15) is 5.11 Å². The Hall–Kier alpha value is -1.23. The van der Waals surface area contributed by atoms with Gasteiger partial charge in [-0.05, 0) is 51.9 Å². The summed E-state index contributed by atoms with van der Waals surface area (Å²) in [5.41, 5.74) is 3.83. The molecule has 0 saturated heterocycles. The molecule has 1 heterocycles.